The molecule has 0 aliphatic rings. The molecule has 6 nitrogen and oxygen atoms in total. The Balaban J connectivity index is 2.91. The molecule has 0 rings (SSSR count). The van der Waals surface area contributed by atoms with Gasteiger partial charge >= 0.3 is 5.97 Å². The topological polar surface area (TPSA) is 74.2 Å². The lowest BCUT2D eigenvalue weighted by Gasteiger charge is -2.06. The second-order valence-corrected chi connectivity index (χ2v) is 4.05. The molecule has 0 aliphatic carbocycles. The quantitative estimate of drug-likeness (QED) is 0.293. The van der Waals surface area contributed by atoms with Crippen LogP contribution in [-0.4, -0.2) is 68.4 Å². The molecule has 7 heteroatoms. The summed E-state index contributed by atoms with van der Waals surface area (Å²) in [5, 5.41) is 8.28. The summed E-state index contributed by atoms with van der Waals surface area (Å²) in [7, 11) is 0. The van der Waals surface area contributed by atoms with E-state index in [0.717, 1.165) is 11.0 Å². The van der Waals surface area contributed by atoms with Crippen LogP contribution in [0, 0.1) is 0 Å². The predicted molar refractivity (Wildman–Crippen MR) is 69.8 cm³/mol. The van der Waals surface area contributed by atoms with Gasteiger partial charge in [-0.2, -0.15) is 0 Å². The third-order valence-corrected chi connectivity index (χ3v) is 2.00. The lowest BCUT2D eigenvalue weighted by Crippen LogP contribution is -2.14. The van der Waals surface area contributed by atoms with Crippen molar-refractivity contribution in [1.82, 2.24) is 0 Å². The second-order valence-electron chi connectivity index (χ2n) is 2.97. The van der Waals surface area contributed by atoms with Crippen LogP contribution < -0.4 is 0 Å². The van der Waals surface area contributed by atoms with E-state index in [1.165, 1.54) is 0 Å². The number of hydrogen-bond donors (Lipinski definition) is 1. The Labute approximate surface area is 115 Å². The molecule has 0 unspecified atom stereocenters. The van der Waals surface area contributed by atoms with E-state index in [1.54, 1.807) is 0 Å². The molecule has 102 valence electrons. The van der Waals surface area contributed by atoms with Crippen LogP contribution in [0.4, 0.5) is 0 Å². The van der Waals surface area contributed by atoms with E-state index in [0.29, 0.717) is 33.0 Å². The summed E-state index contributed by atoms with van der Waals surface area (Å²) >= 11 is 2.25. The SMILES string of the molecule is O=C(O)COCCOCCOCCOCCI. The molecular formula is C10H19IO6. The van der Waals surface area contributed by atoms with Crippen molar-refractivity contribution in [3.8, 4) is 0 Å². The summed E-state index contributed by atoms with van der Waals surface area (Å²) < 4.78 is 21.4. The van der Waals surface area contributed by atoms with E-state index < -0.39 is 5.97 Å². The minimum atomic E-state index is -0.972. The average molecular weight is 362 g/mol. The Hall–Kier alpha value is 0.0400. The van der Waals surface area contributed by atoms with Gasteiger partial charge in [0.15, 0.2) is 0 Å². The van der Waals surface area contributed by atoms with Crippen molar-refractivity contribution >= 4 is 28.6 Å². The Morgan fingerprint density at radius 3 is 1.65 bits per heavy atom. The van der Waals surface area contributed by atoms with Crippen molar-refractivity contribution in [1.29, 1.82) is 0 Å². The third-order valence-electron chi connectivity index (χ3n) is 1.56. The number of halogens is 1. The van der Waals surface area contributed by atoms with Crippen molar-refractivity contribution in [3.63, 3.8) is 0 Å². The van der Waals surface area contributed by atoms with Crippen LogP contribution in [0.15, 0.2) is 0 Å². The maximum absolute atomic E-state index is 10.1. The average Bonchev–Trinajstić information content (AvgIpc) is 2.30. The van der Waals surface area contributed by atoms with E-state index in [1.807, 2.05) is 0 Å². The van der Waals surface area contributed by atoms with Gasteiger partial charge in [-0.15, -0.1) is 0 Å². The van der Waals surface area contributed by atoms with Crippen molar-refractivity contribution in [2.45, 2.75) is 0 Å². The Bertz CT molecular complexity index is 178. The normalized spacial score (nSPS) is 10.6. The smallest absolute Gasteiger partial charge is 0.329 e. The zero-order chi connectivity index (χ0) is 12.8. The number of carbonyl (C=O) groups is 1. The maximum atomic E-state index is 10.1. The van der Waals surface area contributed by atoms with Gasteiger partial charge in [0.1, 0.15) is 6.61 Å². The molecule has 0 aromatic rings. The Morgan fingerprint density at radius 2 is 1.24 bits per heavy atom. The summed E-state index contributed by atoms with van der Waals surface area (Å²) in [5.74, 6) is -0.972. The van der Waals surface area contributed by atoms with Crippen molar-refractivity contribution in [2.75, 3.05) is 57.3 Å². The molecule has 1 N–H and O–H groups in total. The highest BCUT2D eigenvalue weighted by Gasteiger charge is 1.95. The Kier molecular flexibility index (Phi) is 14.1. The molecule has 0 atom stereocenters. The number of aliphatic carboxylic acids is 1. The first kappa shape index (κ1) is 17.0. The lowest BCUT2D eigenvalue weighted by atomic mass is 10.7. The van der Waals surface area contributed by atoms with E-state index in [2.05, 4.69) is 22.6 Å². The highest BCUT2D eigenvalue weighted by atomic mass is 127. The highest BCUT2D eigenvalue weighted by molar-refractivity contribution is 14.1. The van der Waals surface area contributed by atoms with Crippen LogP contribution in [-0.2, 0) is 23.7 Å². The van der Waals surface area contributed by atoms with E-state index in [4.69, 9.17) is 24.1 Å². The molecule has 0 amide bonds. The Morgan fingerprint density at radius 1 is 0.824 bits per heavy atom. The number of carboxylic acids is 1. The summed E-state index contributed by atoms with van der Waals surface area (Å²) in [5.41, 5.74) is 0. The first-order valence-electron chi connectivity index (χ1n) is 5.36. The number of carboxylic acid groups (broad SMARTS) is 1. The zero-order valence-electron chi connectivity index (χ0n) is 9.73. The van der Waals surface area contributed by atoms with Gasteiger partial charge in [0.25, 0.3) is 0 Å². The van der Waals surface area contributed by atoms with Crippen molar-refractivity contribution in [2.24, 2.45) is 0 Å². The summed E-state index contributed by atoms with van der Waals surface area (Å²) in [6, 6.07) is 0. The van der Waals surface area contributed by atoms with Gasteiger partial charge < -0.3 is 24.1 Å². The molecule has 0 fully saturated rings. The highest BCUT2D eigenvalue weighted by Crippen LogP contribution is 1.85. The predicted octanol–water partition coefficient (Wildman–Crippen LogP) is 0.572. The molecular weight excluding hydrogens is 343 g/mol. The molecule has 0 spiro atoms. The van der Waals surface area contributed by atoms with Gasteiger partial charge in [0, 0.05) is 4.43 Å². The summed E-state index contributed by atoms with van der Waals surface area (Å²) in [4.78, 5) is 10.1. The molecule has 17 heavy (non-hydrogen) atoms. The van der Waals surface area contributed by atoms with Crippen LogP contribution >= 0.6 is 22.6 Å². The van der Waals surface area contributed by atoms with E-state index >= 15 is 0 Å². The lowest BCUT2D eigenvalue weighted by molar-refractivity contribution is -0.142. The van der Waals surface area contributed by atoms with E-state index in [9.17, 15) is 4.79 Å². The molecule has 0 bridgehead atoms. The number of alkyl halides is 1. The fourth-order valence-electron chi connectivity index (χ4n) is 0.874. The summed E-state index contributed by atoms with van der Waals surface area (Å²) in [6.45, 7) is 3.28. The molecule has 0 aliphatic heterocycles. The molecule has 0 radical (unpaired) electrons. The number of rotatable bonds is 13. The van der Waals surface area contributed by atoms with Gasteiger partial charge in [-0.05, 0) is 0 Å². The number of ether oxygens (including phenoxy) is 4. The van der Waals surface area contributed by atoms with Gasteiger partial charge in [-0.1, -0.05) is 22.6 Å². The van der Waals surface area contributed by atoms with E-state index in [-0.39, 0.29) is 13.2 Å². The minimum Gasteiger partial charge on any atom is -0.480 e. The number of hydrogen-bond acceptors (Lipinski definition) is 5. The fourth-order valence-corrected chi connectivity index (χ4v) is 1.19. The molecule has 0 saturated carbocycles. The van der Waals surface area contributed by atoms with Crippen LogP contribution in [0.25, 0.3) is 0 Å². The molecule has 0 saturated heterocycles. The van der Waals surface area contributed by atoms with Crippen LogP contribution in [0.2, 0.25) is 0 Å². The third kappa shape index (κ3) is 16.0. The molecule has 0 aromatic heterocycles. The second kappa shape index (κ2) is 14.1. The van der Waals surface area contributed by atoms with Crippen molar-refractivity contribution < 1.29 is 28.8 Å². The van der Waals surface area contributed by atoms with Crippen LogP contribution in [0.5, 0.6) is 0 Å². The first-order chi connectivity index (χ1) is 8.27. The minimum absolute atomic E-state index is 0.283. The van der Waals surface area contributed by atoms with Crippen LogP contribution in [0.3, 0.4) is 0 Å². The van der Waals surface area contributed by atoms with Crippen LogP contribution in [0.1, 0.15) is 0 Å². The molecule has 0 heterocycles. The zero-order valence-corrected chi connectivity index (χ0v) is 11.9. The first-order valence-corrected chi connectivity index (χ1v) is 6.88. The largest absolute Gasteiger partial charge is 0.480 e. The fraction of sp³-hybridized carbons (Fsp3) is 0.900. The van der Waals surface area contributed by atoms with Gasteiger partial charge in [-0.3, -0.25) is 0 Å². The summed E-state index contributed by atoms with van der Waals surface area (Å²) in [6.07, 6.45) is 0. The van der Waals surface area contributed by atoms with Gasteiger partial charge in [-0.25, -0.2) is 4.79 Å². The maximum Gasteiger partial charge on any atom is 0.329 e. The van der Waals surface area contributed by atoms with Gasteiger partial charge in [0.05, 0.1) is 46.2 Å². The molecule has 0 aromatic carbocycles. The monoisotopic (exact) mass is 362 g/mol. The van der Waals surface area contributed by atoms with Gasteiger partial charge in [0.2, 0.25) is 0 Å². The van der Waals surface area contributed by atoms with Crippen molar-refractivity contribution in [3.05, 3.63) is 0 Å². The standard InChI is InChI=1S/C10H19IO6/c11-1-2-14-3-4-15-5-6-16-7-8-17-9-10(12)13/h1-9H2,(H,12,13).